The molecule has 0 radical (unpaired) electrons. The molecule has 3 aliphatic heterocycles. The van der Waals surface area contributed by atoms with Crippen LogP contribution in [-0.4, -0.2) is 62.3 Å². The topological polar surface area (TPSA) is 94.5 Å². The number of benzene rings is 1. The number of sulfone groups is 1. The molecule has 2 atom stereocenters. The minimum atomic E-state index is -3.13. The molecule has 10 heteroatoms. The van der Waals surface area contributed by atoms with E-state index < -0.39 is 9.84 Å². The van der Waals surface area contributed by atoms with Gasteiger partial charge >= 0.3 is 5.97 Å². The predicted molar refractivity (Wildman–Crippen MR) is 97.8 cm³/mol. The van der Waals surface area contributed by atoms with E-state index in [2.05, 4.69) is 4.99 Å². The predicted octanol–water partition coefficient (Wildman–Crippen LogP) is 1.05. The summed E-state index contributed by atoms with van der Waals surface area (Å²) in [5.74, 6) is 1.14. The van der Waals surface area contributed by atoms with Crippen molar-refractivity contribution in [2.45, 2.75) is 19.0 Å². The summed E-state index contributed by atoms with van der Waals surface area (Å²) in [4.78, 5) is 18.2. The number of nitrogens with zero attached hydrogens (tertiary/aromatic N) is 2. The highest BCUT2D eigenvalue weighted by atomic mass is 32.2. The van der Waals surface area contributed by atoms with Gasteiger partial charge in [-0.3, -0.25) is 9.79 Å². The number of aliphatic imine (C=N–C) groups is 1. The Hall–Kier alpha value is -1.94. The van der Waals surface area contributed by atoms with Crippen LogP contribution in [0, 0.1) is 0 Å². The van der Waals surface area contributed by atoms with Crippen molar-refractivity contribution in [3.63, 3.8) is 0 Å². The minimum absolute atomic E-state index is 0.0299. The summed E-state index contributed by atoms with van der Waals surface area (Å²) in [6.45, 7) is 2.24. The van der Waals surface area contributed by atoms with Gasteiger partial charge in [0.15, 0.2) is 26.5 Å². The zero-order valence-electron chi connectivity index (χ0n) is 14.1. The van der Waals surface area contributed by atoms with Gasteiger partial charge in [-0.1, -0.05) is 11.8 Å². The van der Waals surface area contributed by atoms with E-state index in [0.717, 1.165) is 5.69 Å². The smallest absolute Gasteiger partial charge is 0.316 e. The molecule has 0 aromatic heterocycles. The molecular formula is C16H18N2O6S2. The molecule has 1 fully saturated rings. The first kappa shape index (κ1) is 17.5. The molecule has 3 aliphatic rings. The van der Waals surface area contributed by atoms with Gasteiger partial charge in [0.05, 0.1) is 35.9 Å². The first-order valence-corrected chi connectivity index (χ1v) is 11.0. The summed E-state index contributed by atoms with van der Waals surface area (Å²) in [5, 5.41) is 0.627. The van der Waals surface area contributed by atoms with E-state index in [4.69, 9.17) is 14.2 Å². The number of fused-ring (bicyclic) bond motifs is 2. The Kier molecular flexibility index (Phi) is 4.47. The van der Waals surface area contributed by atoms with Crippen molar-refractivity contribution in [1.82, 2.24) is 0 Å². The van der Waals surface area contributed by atoms with E-state index in [0.29, 0.717) is 23.3 Å². The Morgan fingerprint density at radius 2 is 2.15 bits per heavy atom. The van der Waals surface area contributed by atoms with E-state index in [9.17, 15) is 13.2 Å². The van der Waals surface area contributed by atoms with Crippen LogP contribution in [0.15, 0.2) is 23.2 Å². The number of amidine groups is 1. The fraction of sp³-hybridized carbons (Fsp3) is 0.500. The van der Waals surface area contributed by atoms with Gasteiger partial charge in [0, 0.05) is 11.8 Å². The maximum absolute atomic E-state index is 12.0. The molecule has 0 bridgehead atoms. The lowest BCUT2D eigenvalue weighted by molar-refractivity contribution is -0.139. The summed E-state index contributed by atoms with van der Waals surface area (Å²) >= 11 is 1.26. The molecule has 140 valence electrons. The highest BCUT2D eigenvalue weighted by molar-refractivity contribution is 8.14. The molecule has 1 saturated heterocycles. The zero-order valence-corrected chi connectivity index (χ0v) is 15.7. The van der Waals surface area contributed by atoms with Gasteiger partial charge in [-0.15, -0.1) is 0 Å². The lowest BCUT2D eigenvalue weighted by Crippen LogP contribution is -2.39. The largest absolute Gasteiger partial charge is 0.465 e. The van der Waals surface area contributed by atoms with Crippen molar-refractivity contribution in [3.8, 4) is 11.5 Å². The summed E-state index contributed by atoms with van der Waals surface area (Å²) in [5.41, 5.74) is 0.772. The van der Waals surface area contributed by atoms with Gasteiger partial charge in [0.1, 0.15) is 0 Å². The number of ether oxygens (including phenoxy) is 3. The fourth-order valence-electron chi connectivity index (χ4n) is 3.30. The van der Waals surface area contributed by atoms with Gasteiger partial charge in [-0.2, -0.15) is 0 Å². The lowest BCUT2D eigenvalue weighted by Gasteiger charge is -2.26. The number of carbonyl (C=O) groups excluding carboxylic acids is 1. The molecule has 4 rings (SSSR count). The van der Waals surface area contributed by atoms with Crippen LogP contribution in [0.1, 0.15) is 6.92 Å². The Balaban J connectivity index is 1.62. The summed E-state index contributed by atoms with van der Waals surface area (Å²) in [6, 6.07) is 4.86. The molecule has 26 heavy (non-hydrogen) atoms. The molecular weight excluding hydrogens is 380 g/mol. The van der Waals surface area contributed by atoms with Crippen LogP contribution in [0.2, 0.25) is 0 Å². The molecule has 0 aliphatic carbocycles. The van der Waals surface area contributed by atoms with Crippen molar-refractivity contribution in [2.75, 3.05) is 35.6 Å². The number of rotatable bonds is 4. The zero-order chi connectivity index (χ0) is 18.3. The van der Waals surface area contributed by atoms with E-state index in [-0.39, 0.29) is 42.1 Å². The Morgan fingerprint density at radius 1 is 1.35 bits per heavy atom. The lowest BCUT2D eigenvalue weighted by atomic mass is 10.1. The number of esters is 1. The molecule has 0 amide bonds. The average Bonchev–Trinajstić information content (AvgIpc) is 3.24. The molecule has 3 heterocycles. The van der Waals surface area contributed by atoms with Crippen molar-refractivity contribution < 1.29 is 27.4 Å². The Bertz CT molecular complexity index is 869. The second kappa shape index (κ2) is 6.66. The minimum Gasteiger partial charge on any atom is -0.465 e. The van der Waals surface area contributed by atoms with Crippen LogP contribution in [0.3, 0.4) is 0 Å². The van der Waals surface area contributed by atoms with Crippen LogP contribution in [0.5, 0.6) is 11.5 Å². The maximum Gasteiger partial charge on any atom is 0.316 e. The second-order valence-electron chi connectivity index (χ2n) is 6.12. The third kappa shape index (κ3) is 3.23. The second-order valence-corrected chi connectivity index (χ2v) is 9.22. The Labute approximate surface area is 155 Å². The number of thioether (sulfide) groups is 1. The fourth-order valence-corrected chi connectivity index (χ4v) is 6.06. The third-order valence-corrected chi connectivity index (χ3v) is 7.01. The number of hydrogen-bond acceptors (Lipinski definition) is 9. The maximum atomic E-state index is 12.0. The van der Waals surface area contributed by atoms with Gasteiger partial charge < -0.3 is 19.1 Å². The number of carbonyl (C=O) groups is 1. The highest BCUT2D eigenvalue weighted by Gasteiger charge is 2.47. The van der Waals surface area contributed by atoms with Gasteiger partial charge in [0.2, 0.25) is 6.79 Å². The standard InChI is InChI=1S/C16H18N2O6S2/c1-2-22-15(19)6-25-16-17-11-7-26(20,21)8-12(11)18(16)10-3-4-13-14(5-10)24-9-23-13/h3-5,11-12H,2,6-9H2,1H3/t11-,12-/m1/s1. The average molecular weight is 398 g/mol. The third-order valence-electron chi connectivity index (χ3n) is 4.37. The van der Waals surface area contributed by atoms with Crippen LogP contribution in [-0.2, 0) is 19.4 Å². The van der Waals surface area contributed by atoms with Gasteiger partial charge in [0.25, 0.3) is 0 Å². The van der Waals surface area contributed by atoms with E-state index in [1.165, 1.54) is 11.8 Å². The van der Waals surface area contributed by atoms with Gasteiger partial charge in [-0.25, -0.2) is 8.42 Å². The summed E-state index contributed by atoms with van der Waals surface area (Å²) in [6.07, 6.45) is 0. The first-order chi connectivity index (χ1) is 12.5. The normalized spacial score (nSPS) is 25.1. The van der Waals surface area contributed by atoms with Crippen molar-refractivity contribution >= 4 is 38.4 Å². The van der Waals surface area contributed by atoms with E-state index in [1.54, 1.807) is 13.0 Å². The molecule has 0 N–H and O–H groups in total. The molecule has 8 nitrogen and oxygen atoms in total. The first-order valence-electron chi connectivity index (χ1n) is 8.22. The summed E-state index contributed by atoms with van der Waals surface area (Å²) in [7, 11) is -3.13. The van der Waals surface area contributed by atoms with Crippen LogP contribution in [0.4, 0.5) is 5.69 Å². The van der Waals surface area contributed by atoms with E-state index >= 15 is 0 Å². The van der Waals surface area contributed by atoms with Crippen LogP contribution >= 0.6 is 11.8 Å². The highest BCUT2D eigenvalue weighted by Crippen LogP contribution is 2.40. The summed E-state index contributed by atoms with van der Waals surface area (Å²) < 4.78 is 39.8. The molecule has 0 unspecified atom stereocenters. The number of anilines is 1. The Morgan fingerprint density at radius 3 is 2.96 bits per heavy atom. The SMILES string of the molecule is CCOC(=O)CSC1=N[C@@H]2CS(=O)(=O)C[C@H]2N1c1ccc2c(c1)OCO2. The van der Waals surface area contributed by atoms with Gasteiger partial charge in [-0.05, 0) is 19.1 Å². The number of hydrogen-bond donors (Lipinski definition) is 0. The molecule has 1 aromatic carbocycles. The van der Waals surface area contributed by atoms with Crippen molar-refractivity contribution in [3.05, 3.63) is 18.2 Å². The molecule has 1 aromatic rings. The van der Waals surface area contributed by atoms with Crippen molar-refractivity contribution in [2.24, 2.45) is 4.99 Å². The van der Waals surface area contributed by atoms with E-state index in [1.807, 2.05) is 17.0 Å². The van der Waals surface area contributed by atoms with Crippen LogP contribution < -0.4 is 14.4 Å². The van der Waals surface area contributed by atoms with Crippen LogP contribution in [0.25, 0.3) is 0 Å². The monoisotopic (exact) mass is 398 g/mol. The quantitative estimate of drug-likeness (QED) is 0.695. The van der Waals surface area contributed by atoms with Crippen molar-refractivity contribution in [1.29, 1.82) is 0 Å². The molecule has 0 spiro atoms. The molecule has 0 saturated carbocycles.